The SMILES string of the molecule is CCc1nc(CNC(=O)C2CCc3nc(C)[nH]c3C2)co1. The summed E-state index contributed by atoms with van der Waals surface area (Å²) in [4.78, 5) is 24.2. The Labute approximate surface area is 123 Å². The molecule has 2 aromatic rings. The van der Waals surface area contributed by atoms with Crippen LogP contribution in [0.1, 0.15) is 42.1 Å². The molecule has 6 heteroatoms. The normalized spacial score (nSPS) is 17.5. The van der Waals surface area contributed by atoms with Gasteiger partial charge < -0.3 is 14.7 Å². The smallest absolute Gasteiger partial charge is 0.223 e. The number of aryl methyl sites for hydroxylation is 3. The van der Waals surface area contributed by atoms with Crippen LogP contribution in [-0.4, -0.2) is 20.9 Å². The second-order valence-corrected chi connectivity index (χ2v) is 5.49. The highest BCUT2D eigenvalue weighted by atomic mass is 16.3. The van der Waals surface area contributed by atoms with Crippen molar-refractivity contribution >= 4 is 5.91 Å². The number of aromatic amines is 1. The quantitative estimate of drug-likeness (QED) is 0.896. The molecule has 1 aliphatic carbocycles. The fourth-order valence-electron chi connectivity index (χ4n) is 2.76. The van der Waals surface area contributed by atoms with Gasteiger partial charge >= 0.3 is 0 Å². The third-order valence-corrected chi connectivity index (χ3v) is 3.88. The van der Waals surface area contributed by atoms with Gasteiger partial charge in [-0.15, -0.1) is 0 Å². The second kappa shape index (κ2) is 5.71. The molecule has 1 unspecified atom stereocenters. The van der Waals surface area contributed by atoms with E-state index in [4.69, 9.17) is 4.42 Å². The maximum absolute atomic E-state index is 12.3. The molecule has 112 valence electrons. The number of nitrogens with zero attached hydrogens (tertiary/aromatic N) is 2. The zero-order chi connectivity index (χ0) is 14.8. The van der Waals surface area contributed by atoms with Gasteiger partial charge in [-0.2, -0.15) is 0 Å². The number of H-pyrrole nitrogens is 1. The number of imidazole rings is 1. The van der Waals surface area contributed by atoms with Crippen LogP contribution in [0.15, 0.2) is 10.7 Å². The van der Waals surface area contributed by atoms with E-state index in [1.54, 1.807) is 6.26 Å². The topological polar surface area (TPSA) is 83.8 Å². The maximum atomic E-state index is 12.3. The number of aromatic nitrogens is 3. The molecule has 0 saturated carbocycles. The van der Waals surface area contributed by atoms with Crippen molar-refractivity contribution < 1.29 is 9.21 Å². The first-order valence-electron chi connectivity index (χ1n) is 7.41. The molecular weight excluding hydrogens is 268 g/mol. The minimum Gasteiger partial charge on any atom is -0.449 e. The number of nitrogens with one attached hydrogen (secondary N) is 2. The third kappa shape index (κ3) is 2.99. The van der Waals surface area contributed by atoms with Gasteiger partial charge in [-0.25, -0.2) is 9.97 Å². The monoisotopic (exact) mass is 288 g/mol. The van der Waals surface area contributed by atoms with Crippen LogP contribution in [0.2, 0.25) is 0 Å². The standard InChI is InChI=1S/C15H20N4O2/c1-3-14-19-11(8-21-14)7-16-15(20)10-4-5-12-13(6-10)18-9(2)17-12/h8,10H,3-7H2,1-2H3,(H,16,20)(H,17,18). The van der Waals surface area contributed by atoms with Gasteiger partial charge in [0.05, 0.1) is 17.9 Å². The van der Waals surface area contributed by atoms with Crippen LogP contribution < -0.4 is 5.32 Å². The Bertz CT molecular complexity index is 644. The Morgan fingerprint density at radius 1 is 1.52 bits per heavy atom. The van der Waals surface area contributed by atoms with E-state index in [0.717, 1.165) is 48.6 Å². The molecule has 3 rings (SSSR count). The number of amides is 1. The van der Waals surface area contributed by atoms with Gasteiger partial charge in [0.2, 0.25) is 5.91 Å². The molecule has 0 aliphatic heterocycles. The molecule has 0 radical (unpaired) electrons. The number of carbonyl (C=O) groups is 1. The van der Waals surface area contributed by atoms with E-state index < -0.39 is 0 Å². The summed E-state index contributed by atoms with van der Waals surface area (Å²) < 4.78 is 5.27. The van der Waals surface area contributed by atoms with Crippen LogP contribution in [-0.2, 0) is 30.6 Å². The zero-order valence-corrected chi connectivity index (χ0v) is 12.4. The summed E-state index contributed by atoms with van der Waals surface area (Å²) in [6.45, 7) is 4.36. The summed E-state index contributed by atoms with van der Waals surface area (Å²) in [6.07, 6.45) is 4.82. The second-order valence-electron chi connectivity index (χ2n) is 5.49. The summed E-state index contributed by atoms with van der Waals surface area (Å²) in [6, 6.07) is 0. The molecular formula is C15H20N4O2. The van der Waals surface area contributed by atoms with Crippen LogP contribution in [0.25, 0.3) is 0 Å². The average molecular weight is 288 g/mol. The molecule has 2 aromatic heterocycles. The van der Waals surface area contributed by atoms with Gasteiger partial charge in [-0.1, -0.05) is 6.92 Å². The maximum Gasteiger partial charge on any atom is 0.223 e. The largest absolute Gasteiger partial charge is 0.449 e. The number of hydrogen-bond acceptors (Lipinski definition) is 4. The molecule has 0 fully saturated rings. The van der Waals surface area contributed by atoms with E-state index in [9.17, 15) is 4.79 Å². The molecule has 6 nitrogen and oxygen atoms in total. The van der Waals surface area contributed by atoms with Crippen molar-refractivity contribution in [3.63, 3.8) is 0 Å². The third-order valence-electron chi connectivity index (χ3n) is 3.88. The van der Waals surface area contributed by atoms with Crippen molar-refractivity contribution in [1.29, 1.82) is 0 Å². The lowest BCUT2D eigenvalue weighted by molar-refractivity contribution is -0.125. The first-order valence-corrected chi connectivity index (χ1v) is 7.41. The Morgan fingerprint density at radius 2 is 2.38 bits per heavy atom. The van der Waals surface area contributed by atoms with E-state index in [1.807, 2.05) is 13.8 Å². The van der Waals surface area contributed by atoms with E-state index >= 15 is 0 Å². The fraction of sp³-hybridized carbons (Fsp3) is 0.533. The summed E-state index contributed by atoms with van der Waals surface area (Å²) in [7, 11) is 0. The Hall–Kier alpha value is -2.11. The lowest BCUT2D eigenvalue weighted by atomic mass is 9.89. The number of hydrogen-bond donors (Lipinski definition) is 2. The summed E-state index contributed by atoms with van der Waals surface area (Å²) in [5.74, 6) is 1.72. The number of fused-ring (bicyclic) bond motifs is 1. The molecule has 0 aromatic carbocycles. The lowest BCUT2D eigenvalue weighted by Crippen LogP contribution is -2.33. The van der Waals surface area contributed by atoms with Gasteiger partial charge in [-0.3, -0.25) is 4.79 Å². The first kappa shape index (κ1) is 13.9. The molecule has 21 heavy (non-hydrogen) atoms. The number of oxazole rings is 1. The highest BCUT2D eigenvalue weighted by Gasteiger charge is 2.26. The predicted molar refractivity (Wildman–Crippen MR) is 76.6 cm³/mol. The Kier molecular flexibility index (Phi) is 3.77. The molecule has 1 amide bonds. The van der Waals surface area contributed by atoms with Crippen LogP contribution >= 0.6 is 0 Å². The molecule has 2 heterocycles. The molecule has 0 spiro atoms. The van der Waals surface area contributed by atoms with Crippen LogP contribution in [0, 0.1) is 12.8 Å². The molecule has 1 aliphatic rings. The highest BCUT2D eigenvalue weighted by Crippen LogP contribution is 2.24. The van der Waals surface area contributed by atoms with Gasteiger partial charge in [0.1, 0.15) is 12.1 Å². The molecule has 0 saturated heterocycles. The average Bonchev–Trinajstić information content (AvgIpc) is 3.08. The highest BCUT2D eigenvalue weighted by molar-refractivity contribution is 5.79. The summed E-state index contributed by atoms with van der Waals surface area (Å²) in [5.41, 5.74) is 2.99. The van der Waals surface area contributed by atoms with Crippen LogP contribution in [0.5, 0.6) is 0 Å². The van der Waals surface area contributed by atoms with E-state index in [2.05, 4.69) is 20.3 Å². The minimum absolute atomic E-state index is 0.00916. The van der Waals surface area contributed by atoms with Gasteiger partial charge in [0, 0.05) is 24.5 Å². The number of carbonyl (C=O) groups excluding carboxylic acids is 1. The molecule has 2 N–H and O–H groups in total. The van der Waals surface area contributed by atoms with Crippen LogP contribution in [0.3, 0.4) is 0 Å². The van der Waals surface area contributed by atoms with Crippen molar-refractivity contribution in [2.24, 2.45) is 5.92 Å². The molecule has 0 bridgehead atoms. The van der Waals surface area contributed by atoms with E-state index in [0.29, 0.717) is 12.4 Å². The van der Waals surface area contributed by atoms with Gasteiger partial charge in [-0.05, 0) is 19.8 Å². The summed E-state index contributed by atoms with van der Waals surface area (Å²) >= 11 is 0. The van der Waals surface area contributed by atoms with E-state index in [1.165, 1.54) is 0 Å². The minimum atomic E-state index is 0.00916. The first-order chi connectivity index (χ1) is 10.2. The number of rotatable bonds is 4. The van der Waals surface area contributed by atoms with Gasteiger partial charge in [0.15, 0.2) is 5.89 Å². The van der Waals surface area contributed by atoms with Crippen molar-refractivity contribution in [1.82, 2.24) is 20.3 Å². The molecule has 1 atom stereocenters. The van der Waals surface area contributed by atoms with Gasteiger partial charge in [0.25, 0.3) is 0 Å². The predicted octanol–water partition coefficient (Wildman–Crippen LogP) is 1.69. The van der Waals surface area contributed by atoms with Crippen molar-refractivity contribution in [3.8, 4) is 0 Å². The zero-order valence-electron chi connectivity index (χ0n) is 12.4. The van der Waals surface area contributed by atoms with Crippen molar-refractivity contribution in [2.45, 2.75) is 46.1 Å². The summed E-state index contributed by atoms with van der Waals surface area (Å²) in [5, 5.41) is 2.95. The Morgan fingerprint density at radius 3 is 3.14 bits per heavy atom. The van der Waals surface area contributed by atoms with Crippen LogP contribution in [0.4, 0.5) is 0 Å². The van der Waals surface area contributed by atoms with E-state index in [-0.39, 0.29) is 11.8 Å². The Balaban J connectivity index is 1.56. The lowest BCUT2D eigenvalue weighted by Gasteiger charge is -2.20. The van der Waals surface area contributed by atoms with Crippen molar-refractivity contribution in [3.05, 3.63) is 35.1 Å². The fourth-order valence-corrected chi connectivity index (χ4v) is 2.76. The van der Waals surface area contributed by atoms with Crippen molar-refractivity contribution in [2.75, 3.05) is 0 Å².